The van der Waals surface area contributed by atoms with E-state index in [0.717, 1.165) is 16.7 Å². The van der Waals surface area contributed by atoms with Crippen molar-refractivity contribution in [2.24, 2.45) is 0 Å². The van der Waals surface area contributed by atoms with Crippen molar-refractivity contribution in [1.82, 2.24) is 9.71 Å². The van der Waals surface area contributed by atoms with Gasteiger partial charge >= 0.3 is 0 Å². The number of hydrogen-bond acceptors (Lipinski definition) is 6. The molecule has 1 unspecified atom stereocenters. The molecule has 32 heavy (non-hydrogen) atoms. The van der Waals surface area contributed by atoms with E-state index in [9.17, 15) is 8.42 Å². The van der Waals surface area contributed by atoms with Gasteiger partial charge < -0.3 is 14.2 Å². The van der Waals surface area contributed by atoms with Gasteiger partial charge in [0.25, 0.3) is 0 Å². The Hall–Kier alpha value is -2.94. The number of benzene rings is 2. The number of ether oxygens (including phenoxy) is 3. The summed E-state index contributed by atoms with van der Waals surface area (Å²) in [6.45, 7) is 4.90. The average molecular weight is 457 g/mol. The minimum atomic E-state index is -3.70. The Kier molecular flexibility index (Phi) is 8.21. The number of aryl methyl sites for hydroxylation is 1. The molecule has 8 heteroatoms. The predicted octanol–water partition coefficient (Wildman–Crippen LogP) is 4.03. The lowest BCUT2D eigenvalue weighted by molar-refractivity contribution is 0.146. The molecule has 170 valence electrons. The molecule has 1 atom stereocenters. The first-order valence-corrected chi connectivity index (χ1v) is 11.7. The van der Waals surface area contributed by atoms with Crippen LogP contribution in [0.3, 0.4) is 0 Å². The molecule has 0 aliphatic heterocycles. The third kappa shape index (κ3) is 6.53. The zero-order chi connectivity index (χ0) is 23.0. The smallest absolute Gasteiger partial charge is 0.241 e. The van der Waals surface area contributed by atoms with Crippen LogP contribution in [0.4, 0.5) is 0 Å². The second kappa shape index (κ2) is 11.1. The van der Waals surface area contributed by atoms with E-state index in [1.807, 2.05) is 43.3 Å². The number of nitrogens with one attached hydrogen (secondary N) is 1. The van der Waals surface area contributed by atoms with Crippen LogP contribution in [0, 0.1) is 6.92 Å². The second-order valence-corrected chi connectivity index (χ2v) is 9.04. The number of sulfonamides is 1. The molecule has 1 heterocycles. The van der Waals surface area contributed by atoms with Crippen LogP contribution >= 0.6 is 0 Å². The van der Waals surface area contributed by atoms with Gasteiger partial charge in [-0.05, 0) is 61.4 Å². The van der Waals surface area contributed by atoms with Gasteiger partial charge in [-0.2, -0.15) is 0 Å². The van der Waals surface area contributed by atoms with Crippen LogP contribution in [0.5, 0.6) is 11.5 Å². The molecule has 3 rings (SSSR count). The Morgan fingerprint density at radius 3 is 2.47 bits per heavy atom. The quantitative estimate of drug-likeness (QED) is 0.439. The van der Waals surface area contributed by atoms with Crippen molar-refractivity contribution < 1.29 is 22.6 Å². The zero-order valence-corrected chi connectivity index (χ0v) is 19.3. The van der Waals surface area contributed by atoms with Gasteiger partial charge in [-0.15, -0.1) is 0 Å². The second-order valence-electron chi connectivity index (χ2n) is 7.33. The SMILES string of the molecule is COCCOc1ccc(S(=O)(=O)NC(C)c2ccc(OCc3cccnc3)cc2)cc1C. The maximum Gasteiger partial charge on any atom is 0.241 e. The largest absolute Gasteiger partial charge is 0.491 e. The third-order valence-electron chi connectivity index (χ3n) is 4.84. The summed E-state index contributed by atoms with van der Waals surface area (Å²) in [5.74, 6) is 1.34. The lowest BCUT2D eigenvalue weighted by Crippen LogP contribution is -2.27. The molecule has 0 fully saturated rings. The van der Waals surface area contributed by atoms with E-state index in [4.69, 9.17) is 14.2 Å². The van der Waals surface area contributed by atoms with Crippen molar-refractivity contribution >= 4 is 10.0 Å². The Morgan fingerprint density at radius 1 is 1.03 bits per heavy atom. The van der Waals surface area contributed by atoms with E-state index in [-0.39, 0.29) is 4.90 Å². The Balaban J connectivity index is 1.61. The number of nitrogens with zero attached hydrogens (tertiary/aromatic N) is 1. The van der Waals surface area contributed by atoms with E-state index < -0.39 is 16.1 Å². The molecule has 0 saturated heterocycles. The predicted molar refractivity (Wildman–Crippen MR) is 122 cm³/mol. The lowest BCUT2D eigenvalue weighted by atomic mass is 10.1. The van der Waals surface area contributed by atoms with Crippen molar-refractivity contribution in [3.8, 4) is 11.5 Å². The number of rotatable bonds is 11. The fourth-order valence-electron chi connectivity index (χ4n) is 3.06. The van der Waals surface area contributed by atoms with E-state index in [1.54, 1.807) is 44.6 Å². The first kappa shape index (κ1) is 23.7. The monoisotopic (exact) mass is 456 g/mol. The van der Waals surface area contributed by atoms with Gasteiger partial charge in [0.15, 0.2) is 0 Å². The molecular formula is C24H28N2O5S. The first-order valence-electron chi connectivity index (χ1n) is 10.3. The highest BCUT2D eigenvalue weighted by Crippen LogP contribution is 2.24. The Morgan fingerprint density at radius 2 is 1.81 bits per heavy atom. The van der Waals surface area contributed by atoms with Crippen LogP contribution in [-0.2, 0) is 21.4 Å². The number of pyridine rings is 1. The Labute approximate surface area is 189 Å². The highest BCUT2D eigenvalue weighted by Gasteiger charge is 2.19. The normalized spacial score (nSPS) is 12.3. The fraction of sp³-hybridized carbons (Fsp3) is 0.292. The number of hydrogen-bond donors (Lipinski definition) is 1. The van der Waals surface area contributed by atoms with Crippen LogP contribution < -0.4 is 14.2 Å². The lowest BCUT2D eigenvalue weighted by Gasteiger charge is -2.16. The number of methoxy groups -OCH3 is 1. The van der Waals surface area contributed by atoms with Crippen molar-refractivity contribution in [3.05, 3.63) is 83.7 Å². The summed E-state index contributed by atoms with van der Waals surface area (Å²) in [7, 11) is -2.10. The molecule has 1 aromatic heterocycles. The van der Waals surface area contributed by atoms with Crippen LogP contribution in [0.25, 0.3) is 0 Å². The molecule has 3 aromatic rings. The molecule has 0 spiro atoms. The van der Waals surface area contributed by atoms with Crippen LogP contribution in [0.2, 0.25) is 0 Å². The summed E-state index contributed by atoms with van der Waals surface area (Å²) in [5.41, 5.74) is 2.55. The molecule has 0 aliphatic carbocycles. The highest BCUT2D eigenvalue weighted by atomic mass is 32.2. The van der Waals surface area contributed by atoms with Crippen LogP contribution in [-0.4, -0.2) is 33.7 Å². The maximum absolute atomic E-state index is 12.9. The fourth-order valence-corrected chi connectivity index (χ4v) is 4.37. The molecule has 0 aliphatic rings. The topological polar surface area (TPSA) is 86.8 Å². The molecule has 0 amide bonds. The summed E-state index contributed by atoms with van der Waals surface area (Å²) in [4.78, 5) is 4.25. The Bertz CT molecular complexity index is 1100. The molecule has 0 radical (unpaired) electrons. The van der Waals surface area contributed by atoms with Gasteiger partial charge in [-0.25, -0.2) is 13.1 Å². The molecule has 0 bridgehead atoms. The van der Waals surface area contributed by atoms with Gasteiger partial charge in [0.2, 0.25) is 10.0 Å². The average Bonchev–Trinajstić information content (AvgIpc) is 2.79. The number of aromatic nitrogens is 1. The summed E-state index contributed by atoms with van der Waals surface area (Å²) in [6.07, 6.45) is 3.47. The summed E-state index contributed by atoms with van der Waals surface area (Å²) in [5, 5.41) is 0. The van der Waals surface area contributed by atoms with E-state index in [2.05, 4.69) is 9.71 Å². The first-order chi connectivity index (χ1) is 15.4. The van der Waals surface area contributed by atoms with E-state index in [0.29, 0.717) is 31.3 Å². The van der Waals surface area contributed by atoms with Crippen molar-refractivity contribution in [2.45, 2.75) is 31.4 Å². The molecule has 1 N–H and O–H groups in total. The summed E-state index contributed by atoms with van der Waals surface area (Å²) < 4.78 is 44.8. The minimum absolute atomic E-state index is 0.192. The van der Waals surface area contributed by atoms with Crippen LogP contribution in [0.1, 0.15) is 29.7 Å². The van der Waals surface area contributed by atoms with Crippen molar-refractivity contribution in [1.29, 1.82) is 0 Å². The van der Waals surface area contributed by atoms with Crippen molar-refractivity contribution in [2.75, 3.05) is 20.3 Å². The van der Waals surface area contributed by atoms with E-state index in [1.165, 1.54) is 0 Å². The third-order valence-corrected chi connectivity index (χ3v) is 6.38. The van der Waals surface area contributed by atoms with Crippen molar-refractivity contribution in [3.63, 3.8) is 0 Å². The summed E-state index contributed by atoms with van der Waals surface area (Å²) >= 11 is 0. The van der Waals surface area contributed by atoms with Gasteiger partial charge in [0.05, 0.1) is 11.5 Å². The standard InChI is InChI=1S/C24H28N2O5S/c1-18-15-23(10-11-24(18)30-14-13-29-3)32(27,28)26-19(2)21-6-8-22(9-7-21)31-17-20-5-4-12-25-16-20/h4-12,15-16,19,26H,13-14,17H2,1-3H3. The molecule has 7 nitrogen and oxygen atoms in total. The van der Waals surface area contributed by atoms with Crippen LogP contribution in [0.15, 0.2) is 71.9 Å². The highest BCUT2D eigenvalue weighted by molar-refractivity contribution is 7.89. The zero-order valence-electron chi connectivity index (χ0n) is 18.4. The van der Waals surface area contributed by atoms with Gasteiger partial charge in [-0.1, -0.05) is 18.2 Å². The molecule has 0 saturated carbocycles. The summed E-state index contributed by atoms with van der Waals surface area (Å²) in [6, 6.07) is 15.6. The van der Waals surface area contributed by atoms with Gasteiger partial charge in [0, 0.05) is 31.1 Å². The van der Waals surface area contributed by atoms with Gasteiger partial charge in [0.1, 0.15) is 24.7 Å². The minimum Gasteiger partial charge on any atom is -0.491 e. The molecule has 2 aromatic carbocycles. The van der Waals surface area contributed by atoms with E-state index >= 15 is 0 Å². The van der Waals surface area contributed by atoms with Gasteiger partial charge in [-0.3, -0.25) is 4.98 Å². The maximum atomic E-state index is 12.9. The molecular weight excluding hydrogens is 428 g/mol.